The van der Waals surface area contributed by atoms with Crippen LogP contribution in [0.25, 0.3) is 0 Å². The van der Waals surface area contributed by atoms with Crippen LogP contribution in [0.15, 0.2) is 0 Å². The Hall–Kier alpha value is -0.0900. The SMILES string of the molecule is CC1(C)CC(OS(C)(=O)=O)CC(C)(C)C1. The summed E-state index contributed by atoms with van der Waals surface area (Å²) in [6, 6.07) is 0. The zero-order valence-corrected chi connectivity index (χ0v) is 11.1. The maximum Gasteiger partial charge on any atom is 0.264 e. The zero-order chi connectivity index (χ0) is 11.9. The van der Waals surface area contributed by atoms with E-state index in [0.29, 0.717) is 0 Å². The van der Waals surface area contributed by atoms with Crippen molar-refractivity contribution in [3.63, 3.8) is 0 Å². The molecule has 0 aromatic rings. The van der Waals surface area contributed by atoms with Crippen LogP contribution in [-0.2, 0) is 14.3 Å². The Labute approximate surface area is 93.3 Å². The lowest BCUT2D eigenvalue weighted by Crippen LogP contribution is -2.38. The van der Waals surface area contributed by atoms with Crippen molar-refractivity contribution in [3.8, 4) is 0 Å². The molecule has 15 heavy (non-hydrogen) atoms. The number of hydrogen-bond acceptors (Lipinski definition) is 3. The lowest BCUT2D eigenvalue weighted by atomic mass is 9.64. The van der Waals surface area contributed by atoms with Gasteiger partial charge in [-0.05, 0) is 30.1 Å². The van der Waals surface area contributed by atoms with Gasteiger partial charge in [0.2, 0.25) is 0 Å². The van der Waals surface area contributed by atoms with Crippen LogP contribution in [0.5, 0.6) is 0 Å². The summed E-state index contributed by atoms with van der Waals surface area (Å²) in [5.41, 5.74) is 0.328. The van der Waals surface area contributed by atoms with E-state index in [2.05, 4.69) is 27.7 Å². The average Bonchev–Trinajstić information content (AvgIpc) is 1.70. The first-order chi connectivity index (χ1) is 6.49. The highest BCUT2D eigenvalue weighted by molar-refractivity contribution is 7.86. The number of hydrogen-bond donors (Lipinski definition) is 0. The first-order valence-electron chi connectivity index (χ1n) is 5.37. The summed E-state index contributed by atoms with van der Waals surface area (Å²) in [5, 5.41) is 0. The van der Waals surface area contributed by atoms with E-state index in [1.807, 2.05) is 0 Å². The molecule has 0 bridgehead atoms. The molecular formula is C11H22O3S. The molecule has 90 valence electrons. The van der Waals surface area contributed by atoms with Crippen molar-refractivity contribution >= 4 is 10.1 Å². The molecular weight excluding hydrogens is 212 g/mol. The van der Waals surface area contributed by atoms with Gasteiger partial charge in [0.1, 0.15) is 0 Å². The molecule has 0 N–H and O–H groups in total. The molecule has 1 rings (SSSR count). The fourth-order valence-electron chi connectivity index (χ4n) is 3.06. The summed E-state index contributed by atoms with van der Waals surface area (Å²) in [6.07, 6.45) is 3.73. The van der Waals surface area contributed by atoms with Crippen molar-refractivity contribution in [3.05, 3.63) is 0 Å². The van der Waals surface area contributed by atoms with E-state index in [-0.39, 0.29) is 16.9 Å². The van der Waals surface area contributed by atoms with Crippen LogP contribution in [0, 0.1) is 10.8 Å². The van der Waals surface area contributed by atoms with E-state index < -0.39 is 10.1 Å². The second-order valence-corrected chi connectivity index (χ2v) is 7.94. The van der Waals surface area contributed by atoms with Crippen LogP contribution < -0.4 is 0 Å². The second-order valence-electron chi connectivity index (χ2n) is 6.34. The Morgan fingerprint density at radius 3 is 1.80 bits per heavy atom. The average molecular weight is 234 g/mol. The van der Waals surface area contributed by atoms with Gasteiger partial charge in [0, 0.05) is 0 Å². The molecule has 0 unspecified atom stereocenters. The van der Waals surface area contributed by atoms with E-state index in [1.165, 1.54) is 0 Å². The highest BCUT2D eigenvalue weighted by Crippen LogP contribution is 2.46. The van der Waals surface area contributed by atoms with Gasteiger partial charge in [-0.1, -0.05) is 27.7 Å². The fraction of sp³-hybridized carbons (Fsp3) is 1.00. The van der Waals surface area contributed by atoms with Crippen LogP contribution in [0.3, 0.4) is 0 Å². The van der Waals surface area contributed by atoms with E-state index in [1.54, 1.807) is 0 Å². The highest BCUT2D eigenvalue weighted by atomic mass is 32.2. The van der Waals surface area contributed by atoms with Gasteiger partial charge in [0.25, 0.3) is 10.1 Å². The van der Waals surface area contributed by atoms with Crippen molar-refractivity contribution in [2.45, 2.75) is 53.1 Å². The molecule has 0 spiro atoms. The van der Waals surface area contributed by atoms with Crippen molar-refractivity contribution in [1.82, 2.24) is 0 Å². The van der Waals surface area contributed by atoms with Crippen molar-refractivity contribution in [1.29, 1.82) is 0 Å². The molecule has 0 radical (unpaired) electrons. The summed E-state index contributed by atoms with van der Waals surface area (Å²) < 4.78 is 27.3. The van der Waals surface area contributed by atoms with Crippen LogP contribution in [0.2, 0.25) is 0 Å². The van der Waals surface area contributed by atoms with Gasteiger partial charge in [-0.15, -0.1) is 0 Å². The van der Waals surface area contributed by atoms with Crippen LogP contribution in [0.1, 0.15) is 47.0 Å². The van der Waals surface area contributed by atoms with Gasteiger partial charge in [0.15, 0.2) is 0 Å². The molecule has 4 heteroatoms. The van der Waals surface area contributed by atoms with Crippen molar-refractivity contribution in [2.75, 3.05) is 6.26 Å². The summed E-state index contributed by atoms with van der Waals surface area (Å²) in [7, 11) is -3.32. The summed E-state index contributed by atoms with van der Waals surface area (Å²) >= 11 is 0. The Balaban J connectivity index is 2.76. The predicted octanol–water partition coefficient (Wildman–Crippen LogP) is 2.57. The maximum atomic E-state index is 11.1. The first kappa shape index (κ1) is 13.0. The van der Waals surface area contributed by atoms with Gasteiger partial charge in [-0.2, -0.15) is 8.42 Å². The van der Waals surface area contributed by atoms with E-state index >= 15 is 0 Å². The second kappa shape index (κ2) is 3.74. The topological polar surface area (TPSA) is 43.4 Å². The minimum Gasteiger partial charge on any atom is -0.267 e. The summed E-state index contributed by atoms with van der Waals surface area (Å²) in [6.45, 7) is 8.69. The Morgan fingerprint density at radius 2 is 1.47 bits per heavy atom. The lowest BCUT2D eigenvalue weighted by Gasteiger charge is -2.44. The Morgan fingerprint density at radius 1 is 1.07 bits per heavy atom. The maximum absolute atomic E-state index is 11.1. The van der Waals surface area contributed by atoms with Crippen LogP contribution in [-0.4, -0.2) is 20.8 Å². The monoisotopic (exact) mass is 234 g/mol. The smallest absolute Gasteiger partial charge is 0.264 e. The van der Waals surface area contributed by atoms with E-state index in [4.69, 9.17) is 4.18 Å². The van der Waals surface area contributed by atoms with Gasteiger partial charge in [0.05, 0.1) is 12.4 Å². The molecule has 1 fully saturated rings. The van der Waals surface area contributed by atoms with Gasteiger partial charge < -0.3 is 0 Å². The first-order valence-corrected chi connectivity index (χ1v) is 7.19. The third-order valence-corrected chi connectivity index (χ3v) is 3.45. The minimum atomic E-state index is -3.32. The van der Waals surface area contributed by atoms with Gasteiger partial charge in [-0.25, -0.2) is 0 Å². The lowest BCUT2D eigenvalue weighted by molar-refractivity contribution is 0.0174. The summed E-state index contributed by atoms with van der Waals surface area (Å²) in [4.78, 5) is 0. The van der Waals surface area contributed by atoms with Crippen LogP contribution >= 0.6 is 0 Å². The largest absolute Gasteiger partial charge is 0.267 e. The third-order valence-electron chi connectivity index (χ3n) is 2.83. The van der Waals surface area contributed by atoms with Gasteiger partial charge in [-0.3, -0.25) is 4.18 Å². The quantitative estimate of drug-likeness (QED) is 0.690. The van der Waals surface area contributed by atoms with Gasteiger partial charge >= 0.3 is 0 Å². The molecule has 0 aliphatic heterocycles. The molecule has 0 amide bonds. The minimum absolute atomic E-state index is 0.154. The molecule has 0 aromatic carbocycles. The molecule has 0 heterocycles. The molecule has 0 aromatic heterocycles. The zero-order valence-electron chi connectivity index (χ0n) is 10.3. The standard InChI is InChI=1S/C11H22O3S/c1-10(2)6-9(14-15(5,12)13)7-11(3,4)8-10/h9H,6-8H2,1-5H3. The Kier molecular flexibility index (Phi) is 3.23. The van der Waals surface area contributed by atoms with E-state index in [0.717, 1.165) is 25.5 Å². The van der Waals surface area contributed by atoms with Crippen molar-refractivity contribution in [2.24, 2.45) is 10.8 Å². The molecule has 3 nitrogen and oxygen atoms in total. The highest BCUT2D eigenvalue weighted by Gasteiger charge is 2.40. The molecule has 1 aliphatic rings. The third kappa shape index (κ3) is 4.51. The number of rotatable bonds is 2. The molecule has 1 aliphatic carbocycles. The molecule has 0 saturated heterocycles. The molecule has 0 atom stereocenters. The fourth-order valence-corrected chi connectivity index (χ4v) is 3.69. The normalized spacial score (nSPS) is 26.5. The van der Waals surface area contributed by atoms with Crippen LogP contribution in [0.4, 0.5) is 0 Å². The summed E-state index contributed by atoms with van der Waals surface area (Å²) in [5.74, 6) is 0. The predicted molar refractivity (Wildman–Crippen MR) is 61.1 cm³/mol. The molecule has 1 saturated carbocycles. The Bertz CT molecular complexity index is 312. The van der Waals surface area contributed by atoms with E-state index in [9.17, 15) is 8.42 Å². The van der Waals surface area contributed by atoms with Crippen molar-refractivity contribution < 1.29 is 12.6 Å².